The number of hydrogen-bond donors (Lipinski definition) is 0. The normalized spacial score (nSPS) is 13.1. The minimum Gasteiger partial charge on any atom is -0.383 e. The number of halogens is 1. The highest BCUT2D eigenvalue weighted by molar-refractivity contribution is 6.20. The Morgan fingerprint density at radius 2 is 2.43 bits per heavy atom. The smallest absolute Gasteiger partial charge is 0.0626 e. The third kappa shape index (κ3) is 4.11. The molecule has 4 heteroatoms. The molecule has 80 valence electrons. The van der Waals surface area contributed by atoms with Crippen LogP contribution in [0.2, 0.25) is 0 Å². The summed E-state index contributed by atoms with van der Waals surface area (Å²) in [5, 5.41) is 4.25. The van der Waals surface area contributed by atoms with Crippen LogP contribution in [0.1, 0.15) is 18.4 Å². The Balaban J connectivity index is 2.15. The molecule has 0 radical (unpaired) electrons. The molecule has 0 aromatic carbocycles. The molecule has 0 spiro atoms. The minimum absolute atomic E-state index is 0.136. The van der Waals surface area contributed by atoms with E-state index in [1.807, 2.05) is 24.1 Å². The Labute approximate surface area is 90.0 Å². The molecule has 1 atom stereocenters. The zero-order valence-electron chi connectivity index (χ0n) is 8.74. The number of methoxy groups -OCH3 is 1. The summed E-state index contributed by atoms with van der Waals surface area (Å²) in [5.74, 6) is 0. The second-order valence-electron chi connectivity index (χ2n) is 3.47. The summed E-state index contributed by atoms with van der Waals surface area (Å²) in [6.45, 7) is 0.634. The van der Waals surface area contributed by atoms with E-state index in [1.54, 1.807) is 7.11 Å². The highest BCUT2D eigenvalue weighted by Crippen LogP contribution is 2.09. The number of aryl methyl sites for hydroxylation is 2. The standard InChI is InChI=1S/C10H17ClN2O/c1-13-7-9(6-12-13)4-3-5-10(11)8-14-2/h6-7,10H,3-5,8H2,1-2H3. The van der Waals surface area contributed by atoms with Gasteiger partial charge in [0.1, 0.15) is 0 Å². The molecule has 0 aliphatic carbocycles. The maximum absolute atomic E-state index is 6.01. The topological polar surface area (TPSA) is 27.1 Å². The molecule has 0 saturated carbocycles. The number of rotatable bonds is 6. The quantitative estimate of drug-likeness (QED) is 0.681. The first kappa shape index (κ1) is 11.5. The zero-order chi connectivity index (χ0) is 10.4. The lowest BCUT2D eigenvalue weighted by molar-refractivity contribution is 0.195. The summed E-state index contributed by atoms with van der Waals surface area (Å²) in [4.78, 5) is 0. The lowest BCUT2D eigenvalue weighted by Crippen LogP contribution is -2.07. The Kier molecular flexibility index (Phi) is 4.98. The summed E-state index contributed by atoms with van der Waals surface area (Å²) < 4.78 is 6.78. The Bertz CT molecular complexity index is 262. The van der Waals surface area contributed by atoms with Crippen molar-refractivity contribution in [3.05, 3.63) is 18.0 Å². The Morgan fingerprint density at radius 1 is 1.64 bits per heavy atom. The molecule has 1 rings (SSSR count). The van der Waals surface area contributed by atoms with Crippen molar-refractivity contribution in [1.29, 1.82) is 0 Å². The van der Waals surface area contributed by atoms with Crippen LogP contribution in [0.15, 0.2) is 12.4 Å². The predicted octanol–water partition coefficient (Wildman–Crippen LogP) is 2.00. The largest absolute Gasteiger partial charge is 0.383 e. The van der Waals surface area contributed by atoms with Gasteiger partial charge in [-0.3, -0.25) is 4.68 Å². The lowest BCUT2D eigenvalue weighted by atomic mass is 10.1. The van der Waals surface area contributed by atoms with E-state index in [1.165, 1.54) is 5.56 Å². The number of alkyl halides is 1. The average Bonchev–Trinajstić information content (AvgIpc) is 2.52. The zero-order valence-corrected chi connectivity index (χ0v) is 9.50. The van der Waals surface area contributed by atoms with Crippen molar-refractivity contribution in [2.75, 3.05) is 13.7 Å². The maximum Gasteiger partial charge on any atom is 0.0626 e. The Hall–Kier alpha value is -0.540. The van der Waals surface area contributed by atoms with Crippen LogP contribution in [0, 0.1) is 0 Å². The maximum atomic E-state index is 6.01. The molecule has 0 saturated heterocycles. The van der Waals surface area contributed by atoms with Gasteiger partial charge in [-0.05, 0) is 24.8 Å². The van der Waals surface area contributed by atoms with Gasteiger partial charge in [0, 0.05) is 20.4 Å². The van der Waals surface area contributed by atoms with Crippen molar-refractivity contribution in [1.82, 2.24) is 9.78 Å². The molecule has 1 heterocycles. The van der Waals surface area contributed by atoms with Crippen molar-refractivity contribution in [3.8, 4) is 0 Å². The first-order valence-electron chi connectivity index (χ1n) is 4.83. The number of aromatic nitrogens is 2. The van der Waals surface area contributed by atoms with Gasteiger partial charge in [0.15, 0.2) is 0 Å². The van der Waals surface area contributed by atoms with Gasteiger partial charge in [0.2, 0.25) is 0 Å². The molecule has 0 aliphatic rings. The SMILES string of the molecule is COCC(Cl)CCCc1cnn(C)c1. The van der Waals surface area contributed by atoms with E-state index in [2.05, 4.69) is 5.10 Å². The van der Waals surface area contributed by atoms with E-state index in [0.29, 0.717) is 6.61 Å². The number of ether oxygens (including phenoxy) is 1. The van der Waals surface area contributed by atoms with Gasteiger partial charge in [0.05, 0.1) is 18.2 Å². The van der Waals surface area contributed by atoms with E-state index in [4.69, 9.17) is 16.3 Å². The molecule has 0 N–H and O–H groups in total. The summed E-state index contributed by atoms with van der Waals surface area (Å²) in [7, 11) is 3.61. The molecule has 1 unspecified atom stereocenters. The van der Waals surface area contributed by atoms with Crippen LogP contribution in [0.5, 0.6) is 0 Å². The lowest BCUT2D eigenvalue weighted by Gasteiger charge is -2.06. The third-order valence-corrected chi connectivity index (χ3v) is 2.43. The number of hydrogen-bond acceptors (Lipinski definition) is 2. The molecule has 3 nitrogen and oxygen atoms in total. The van der Waals surface area contributed by atoms with E-state index < -0.39 is 0 Å². The third-order valence-electron chi connectivity index (χ3n) is 2.09. The van der Waals surface area contributed by atoms with Gasteiger partial charge in [0.25, 0.3) is 0 Å². The summed E-state index contributed by atoms with van der Waals surface area (Å²) >= 11 is 6.01. The van der Waals surface area contributed by atoms with Gasteiger partial charge in [-0.15, -0.1) is 11.6 Å². The van der Waals surface area contributed by atoms with Crippen molar-refractivity contribution >= 4 is 11.6 Å². The molecular weight excluding hydrogens is 200 g/mol. The first-order chi connectivity index (χ1) is 6.72. The van der Waals surface area contributed by atoms with Gasteiger partial charge in [-0.25, -0.2) is 0 Å². The van der Waals surface area contributed by atoms with E-state index in [0.717, 1.165) is 19.3 Å². The van der Waals surface area contributed by atoms with E-state index in [-0.39, 0.29) is 5.38 Å². The van der Waals surface area contributed by atoms with Crippen molar-refractivity contribution < 1.29 is 4.74 Å². The summed E-state index contributed by atoms with van der Waals surface area (Å²) in [5.41, 5.74) is 1.27. The second kappa shape index (κ2) is 6.04. The molecule has 0 fully saturated rings. The van der Waals surface area contributed by atoms with Crippen LogP contribution in [0.3, 0.4) is 0 Å². The fraction of sp³-hybridized carbons (Fsp3) is 0.700. The van der Waals surface area contributed by atoms with Crippen LogP contribution in [0.4, 0.5) is 0 Å². The summed E-state index contributed by atoms with van der Waals surface area (Å²) in [6.07, 6.45) is 7.06. The van der Waals surface area contributed by atoms with Crippen LogP contribution in [0.25, 0.3) is 0 Å². The first-order valence-corrected chi connectivity index (χ1v) is 5.26. The predicted molar refractivity (Wildman–Crippen MR) is 57.7 cm³/mol. The molecular formula is C10H17ClN2O. The second-order valence-corrected chi connectivity index (χ2v) is 4.08. The van der Waals surface area contributed by atoms with Crippen molar-refractivity contribution in [3.63, 3.8) is 0 Å². The van der Waals surface area contributed by atoms with E-state index >= 15 is 0 Å². The van der Waals surface area contributed by atoms with Gasteiger partial charge in [-0.2, -0.15) is 5.10 Å². The van der Waals surface area contributed by atoms with Crippen LogP contribution < -0.4 is 0 Å². The number of nitrogens with zero attached hydrogens (tertiary/aromatic N) is 2. The molecule has 0 bridgehead atoms. The average molecular weight is 217 g/mol. The molecule has 0 aliphatic heterocycles. The van der Waals surface area contributed by atoms with Gasteiger partial charge >= 0.3 is 0 Å². The Morgan fingerprint density at radius 3 is 3.00 bits per heavy atom. The monoisotopic (exact) mass is 216 g/mol. The summed E-state index contributed by atoms with van der Waals surface area (Å²) in [6, 6.07) is 0. The fourth-order valence-corrected chi connectivity index (χ4v) is 1.67. The molecule has 1 aromatic heterocycles. The molecule has 14 heavy (non-hydrogen) atoms. The van der Waals surface area contributed by atoms with E-state index in [9.17, 15) is 0 Å². The highest BCUT2D eigenvalue weighted by Gasteiger charge is 2.04. The van der Waals surface area contributed by atoms with Crippen LogP contribution in [-0.2, 0) is 18.2 Å². The van der Waals surface area contributed by atoms with Crippen LogP contribution >= 0.6 is 11.6 Å². The molecule has 0 amide bonds. The highest BCUT2D eigenvalue weighted by atomic mass is 35.5. The van der Waals surface area contributed by atoms with Gasteiger partial charge < -0.3 is 4.74 Å². The van der Waals surface area contributed by atoms with Gasteiger partial charge in [-0.1, -0.05) is 0 Å². The molecule has 1 aromatic rings. The van der Waals surface area contributed by atoms with Crippen molar-refractivity contribution in [2.45, 2.75) is 24.6 Å². The fourth-order valence-electron chi connectivity index (χ4n) is 1.39. The minimum atomic E-state index is 0.136. The van der Waals surface area contributed by atoms with Crippen LogP contribution in [-0.4, -0.2) is 28.9 Å². The van der Waals surface area contributed by atoms with Crippen molar-refractivity contribution in [2.24, 2.45) is 7.05 Å².